The van der Waals surface area contributed by atoms with Crippen molar-refractivity contribution in [2.24, 2.45) is 0 Å². The third-order valence-corrected chi connectivity index (χ3v) is 0. The van der Waals surface area contributed by atoms with Crippen LogP contribution in [-0.4, -0.2) is 37.7 Å². The van der Waals surface area contributed by atoms with Crippen LogP contribution in [0.3, 0.4) is 0 Å². The number of rotatable bonds is 0. The molecule has 0 aromatic rings. The summed E-state index contributed by atoms with van der Waals surface area (Å²) in [5, 5.41) is 0. The van der Waals surface area contributed by atoms with E-state index in [1.165, 1.54) is 0 Å². The molecule has 0 unspecified atom stereocenters. The Labute approximate surface area is 114 Å². The molecular weight excluding hydrogens is 188 g/mol. The van der Waals surface area contributed by atoms with Crippen molar-refractivity contribution < 1.29 is 80.0 Å². The summed E-state index contributed by atoms with van der Waals surface area (Å²) in [4.78, 5) is 0. The van der Waals surface area contributed by atoms with Crippen LogP contribution < -0.4 is 51.4 Å². The van der Waals surface area contributed by atoms with Gasteiger partial charge in [-0.2, -0.15) is 0 Å². The summed E-state index contributed by atoms with van der Waals surface area (Å²) >= 11 is 0.500. The van der Waals surface area contributed by atoms with Crippen LogP contribution in [0.25, 0.3) is 0 Å². The number of hydrogen-bond donors (Lipinski definition) is 0. The molecule has 0 aliphatic carbocycles. The molecule has 1 nitrogen and oxygen atoms in total. The zero-order chi connectivity index (χ0) is 2.00. The van der Waals surface area contributed by atoms with Crippen LogP contribution in [0.5, 0.6) is 0 Å². The summed E-state index contributed by atoms with van der Waals surface area (Å²) in [5.74, 6) is 0. The molecule has 0 N–H and O–H groups in total. The van der Waals surface area contributed by atoms with Gasteiger partial charge in [0.2, 0.25) is 0 Å². The first-order chi connectivity index (χ1) is 1.00. The Morgan fingerprint density at radius 1 is 1.50 bits per heavy atom. The first-order valence-electron chi connectivity index (χ1n) is 0.183. The van der Waals surface area contributed by atoms with E-state index in [-0.39, 0.29) is 93.4 Å². The van der Waals surface area contributed by atoms with E-state index in [1.54, 1.807) is 0 Å². The Morgan fingerprint density at radius 3 is 1.50 bits per heavy atom. The predicted octanol–water partition coefficient (Wildman–Crippen LogP) is -3.16. The van der Waals surface area contributed by atoms with Crippen molar-refractivity contribution >= 4 is 37.7 Å². The van der Waals surface area contributed by atoms with Gasteiger partial charge in [-0.15, -0.1) is 0 Å². The van der Waals surface area contributed by atoms with Crippen LogP contribution in [0.15, 0.2) is 0 Å². The van der Waals surface area contributed by atoms with Crippen LogP contribution >= 0.6 is 0 Å². The van der Waals surface area contributed by atoms with Gasteiger partial charge in [0, 0.05) is 0 Å². The Kier molecular flexibility index (Phi) is 63.0. The van der Waals surface area contributed by atoms with Gasteiger partial charge in [0.1, 0.15) is 0 Å². The van der Waals surface area contributed by atoms with Crippen LogP contribution in [-0.2, 0) is 24.3 Å². The molecule has 0 spiro atoms. The van der Waals surface area contributed by atoms with Gasteiger partial charge in [0.05, 0.1) is 0 Å². The molecule has 0 bridgehead atoms. The van der Waals surface area contributed by atoms with Crippen molar-refractivity contribution in [1.82, 2.24) is 0 Å². The molecule has 0 aromatic carbocycles. The van der Waals surface area contributed by atoms with Crippen LogP contribution in [0.4, 0.5) is 0 Å². The SMILES string of the molecule is [Ca+2].[H-].[H-].[H-].[K+].[O]=[Nb]. The molecule has 0 aliphatic rings. The maximum absolute atomic E-state index is 8.30. The molecule has 4 heavy (non-hydrogen) atoms. The van der Waals surface area contributed by atoms with E-state index in [0.717, 1.165) is 0 Å². The Balaban J connectivity index is -0.000000000500. The van der Waals surface area contributed by atoms with E-state index in [0.29, 0.717) is 21.0 Å². The summed E-state index contributed by atoms with van der Waals surface area (Å²) in [6.45, 7) is 0. The molecule has 0 saturated carbocycles. The third kappa shape index (κ3) is 9.06. The van der Waals surface area contributed by atoms with Crippen molar-refractivity contribution in [3.8, 4) is 0 Å². The minimum atomic E-state index is 0. The third-order valence-electron chi connectivity index (χ3n) is 0. The van der Waals surface area contributed by atoms with Crippen molar-refractivity contribution in [1.29, 1.82) is 0 Å². The van der Waals surface area contributed by atoms with E-state index in [1.807, 2.05) is 0 Å². The first kappa shape index (κ1) is 15.7. The molecule has 0 amide bonds. The minimum absolute atomic E-state index is 0. The van der Waals surface area contributed by atoms with Gasteiger partial charge in [-0.05, 0) is 0 Å². The van der Waals surface area contributed by atoms with Gasteiger partial charge in [0.15, 0.2) is 0 Å². The second-order valence-electron chi connectivity index (χ2n) is 0. The standard InChI is InChI=1S/Ca.K.Nb.O.3H/q+2;+1;;;3*-1. The molecule has 4 heteroatoms. The topological polar surface area (TPSA) is 17.1 Å². The summed E-state index contributed by atoms with van der Waals surface area (Å²) < 4.78 is 8.30. The van der Waals surface area contributed by atoms with Crippen molar-refractivity contribution in [3.63, 3.8) is 0 Å². The van der Waals surface area contributed by atoms with Crippen LogP contribution in [0.2, 0.25) is 0 Å². The van der Waals surface area contributed by atoms with E-state index in [2.05, 4.69) is 0 Å². The Bertz CT molecular complexity index is 14.9. The maximum atomic E-state index is 8.30. The number of hydrogen-bond acceptors (Lipinski definition) is 1. The fourth-order valence-corrected chi connectivity index (χ4v) is 0. The van der Waals surface area contributed by atoms with Gasteiger partial charge >= 0.3 is 113 Å². The van der Waals surface area contributed by atoms with Crippen molar-refractivity contribution in [3.05, 3.63) is 0 Å². The van der Waals surface area contributed by atoms with Crippen LogP contribution in [0, 0.1) is 0 Å². The van der Waals surface area contributed by atoms with E-state index >= 15 is 0 Å². The molecule has 0 heterocycles. The average Bonchev–Trinajstić information content (AvgIpc) is 1.00. The quantitative estimate of drug-likeness (QED) is 0.369. The monoisotopic (exact) mass is 191 g/mol. The first-order valence-corrected chi connectivity index (χ1v) is 1.08. The average molecular weight is 191 g/mol. The van der Waals surface area contributed by atoms with Gasteiger partial charge in [-0.3, -0.25) is 0 Å². The van der Waals surface area contributed by atoms with Crippen molar-refractivity contribution in [2.45, 2.75) is 0 Å². The fourth-order valence-electron chi connectivity index (χ4n) is 0. The van der Waals surface area contributed by atoms with Gasteiger partial charge < -0.3 is 4.28 Å². The molecule has 0 aromatic heterocycles. The Morgan fingerprint density at radius 2 is 1.50 bits per heavy atom. The van der Waals surface area contributed by atoms with Crippen LogP contribution in [0.1, 0.15) is 4.28 Å². The van der Waals surface area contributed by atoms with E-state index in [4.69, 9.17) is 3.25 Å². The molecular formula is H3CaKNbO. The van der Waals surface area contributed by atoms with Crippen molar-refractivity contribution in [2.75, 3.05) is 0 Å². The molecule has 17 valence electrons. The molecule has 0 radical (unpaired) electrons. The molecule has 0 atom stereocenters. The van der Waals surface area contributed by atoms with E-state index in [9.17, 15) is 0 Å². The summed E-state index contributed by atoms with van der Waals surface area (Å²) in [5.41, 5.74) is 0. The van der Waals surface area contributed by atoms with E-state index < -0.39 is 0 Å². The zero-order valence-electron chi connectivity index (χ0n) is 5.56. The molecule has 0 rings (SSSR count). The molecule has 0 saturated heterocycles. The zero-order valence-corrected chi connectivity index (χ0v) is 10.1. The van der Waals surface area contributed by atoms with Gasteiger partial charge in [-0.1, -0.05) is 0 Å². The molecule has 0 fully saturated rings. The van der Waals surface area contributed by atoms with Gasteiger partial charge in [0.25, 0.3) is 0 Å². The summed E-state index contributed by atoms with van der Waals surface area (Å²) in [6.07, 6.45) is 0. The predicted molar refractivity (Wildman–Crippen MR) is 9.78 cm³/mol. The second kappa shape index (κ2) is 16.1. The molecule has 0 aliphatic heterocycles. The second-order valence-corrected chi connectivity index (χ2v) is 0. The van der Waals surface area contributed by atoms with Gasteiger partial charge in [-0.25, -0.2) is 0 Å². The fraction of sp³-hybridized carbons (Fsp3) is 0. The summed E-state index contributed by atoms with van der Waals surface area (Å²) in [6, 6.07) is 0. The normalized spacial score (nSPS) is 0.750. The summed E-state index contributed by atoms with van der Waals surface area (Å²) in [7, 11) is 0. The Hall–Kier alpha value is 3.44.